The van der Waals surface area contributed by atoms with E-state index in [2.05, 4.69) is 15.4 Å². The van der Waals surface area contributed by atoms with Gasteiger partial charge in [-0.25, -0.2) is 4.79 Å². The van der Waals surface area contributed by atoms with Gasteiger partial charge in [-0.2, -0.15) is 0 Å². The van der Waals surface area contributed by atoms with Crippen LogP contribution in [-0.4, -0.2) is 21.4 Å². The number of anilines is 1. The molecule has 0 spiro atoms. The monoisotopic (exact) mass is 204 g/mol. The second-order valence-electron chi connectivity index (χ2n) is 2.83. The molecule has 2 rings (SSSR count). The first kappa shape index (κ1) is 9.20. The van der Waals surface area contributed by atoms with Crippen molar-refractivity contribution in [3.05, 3.63) is 36.0 Å². The largest absolute Gasteiger partial charge is 0.400 e. The molecule has 0 aliphatic rings. The highest BCUT2D eigenvalue weighted by Gasteiger charge is 2.09. The molecule has 0 aliphatic heterocycles. The number of carbonyl (C=O) groups is 1. The number of hydrogen-bond donors (Lipinski definition) is 2. The SMILES string of the molecule is Nc1cccc(C(=O)Oc2c[nH]nn2)c1. The minimum atomic E-state index is -0.517. The summed E-state index contributed by atoms with van der Waals surface area (Å²) in [6.07, 6.45) is 1.38. The Kier molecular flexibility index (Phi) is 2.32. The van der Waals surface area contributed by atoms with E-state index >= 15 is 0 Å². The van der Waals surface area contributed by atoms with Crippen molar-refractivity contribution in [1.82, 2.24) is 15.4 Å². The Morgan fingerprint density at radius 2 is 2.33 bits per heavy atom. The topological polar surface area (TPSA) is 93.9 Å². The third kappa shape index (κ3) is 2.11. The minimum Gasteiger partial charge on any atom is -0.400 e. The van der Waals surface area contributed by atoms with E-state index in [1.54, 1.807) is 18.2 Å². The van der Waals surface area contributed by atoms with Crippen LogP contribution in [0.15, 0.2) is 30.5 Å². The van der Waals surface area contributed by atoms with Gasteiger partial charge in [0.15, 0.2) is 0 Å². The summed E-state index contributed by atoms with van der Waals surface area (Å²) in [5.41, 5.74) is 6.41. The maximum Gasteiger partial charge on any atom is 0.345 e. The summed E-state index contributed by atoms with van der Waals surface area (Å²) >= 11 is 0. The number of H-pyrrole nitrogens is 1. The van der Waals surface area contributed by atoms with Gasteiger partial charge in [0.05, 0.1) is 11.8 Å². The van der Waals surface area contributed by atoms with Crippen LogP contribution in [0.25, 0.3) is 0 Å². The van der Waals surface area contributed by atoms with Crippen LogP contribution in [0.1, 0.15) is 10.4 Å². The van der Waals surface area contributed by atoms with Gasteiger partial charge in [0.1, 0.15) is 0 Å². The second-order valence-corrected chi connectivity index (χ2v) is 2.83. The van der Waals surface area contributed by atoms with Gasteiger partial charge >= 0.3 is 5.97 Å². The molecule has 0 saturated heterocycles. The Balaban J connectivity index is 2.15. The van der Waals surface area contributed by atoms with Crippen molar-refractivity contribution in [1.29, 1.82) is 0 Å². The van der Waals surface area contributed by atoms with E-state index in [-0.39, 0.29) is 5.88 Å². The summed E-state index contributed by atoms with van der Waals surface area (Å²) in [5.74, 6) is -0.390. The second kappa shape index (κ2) is 3.79. The normalized spacial score (nSPS) is 9.87. The summed E-state index contributed by atoms with van der Waals surface area (Å²) in [4.78, 5) is 11.5. The van der Waals surface area contributed by atoms with E-state index in [9.17, 15) is 4.79 Å². The maximum atomic E-state index is 11.5. The van der Waals surface area contributed by atoms with Crippen molar-refractivity contribution < 1.29 is 9.53 Å². The summed E-state index contributed by atoms with van der Waals surface area (Å²) in [6, 6.07) is 6.50. The molecule has 15 heavy (non-hydrogen) atoms. The number of rotatable bonds is 2. The smallest absolute Gasteiger partial charge is 0.345 e. The number of nitrogens with one attached hydrogen (secondary N) is 1. The molecular weight excluding hydrogens is 196 g/mol. The molecule has 0 saturated carbocycles. The molecule has 3 N–H and O–H groups in total. The molecule has 1 aromatic carbocycles. The zero-order chi connectivity index (χ0) is 10.7. The van der Waals surface area contributed by atoms with Gasteiger partial charge in [0.25, 0.3) is 5.88 Å². The predicted octanol–water partition coefficient (Wildman–Crippen LogP) is 0.606. The van der Waals surface area contributed by atoms with Crippen LogP contribution in [0.5, 0.6) is 5.88 Å². The molecule has 6 nitrogen and oxygen atoms in total. The molecule has 6 heteroatoms. The Hall–Kier alpha value is -2.37. The standard InChI is InChI=1S/C9H8N4O2/c10-7-3-1-2-6(4-7)9(14)15-8-5-11-13-12-8/h1-5H,10H2,(H,11,12,13). The Morgan fingerprint density at radius 3 is 3.00 bits per heavy atom. The highest BCUT2D eigenvalue weighted by molar-refractivity contribution is 5.91. The molecule has 1 aromatic heterocycles. The molecule has 0 atom stereocenters. The van der Waals surface area contributed by atoms with E-state index in [0.29, 0.717) is 11.3 Å². The van der Waals surface area contributed by atoms with Crippen LogP contribution in [0.3, 0.4) is 0 Å². The maximum absolute atomic E-state index is 11.5. The number of benzene rings is 1. The van der Waals surface area contributed by atoms with Crippen molar-refractivity contribution in [2.24, 2.45) is 0 Å². The van der Waals surface area contributed by atoms with Crippen LogP contribution in [-0.2, 0) is 0 Å². The van der Waals surface area contributed by atoms with Crippen molar-refractivity contribution in [2.75, 3.05) is 5.73 Å². The fourth-order valence-corrected chi connectivity index (χ4v) is 1.06. The van der Waals surface area contributed by atoms with Gasteiger partial charge in [0, 0.05) is 5.69 Å². The predicted molar refractivity (Wildman–Crippen MR) is 52.2 cm³/mol. The van der Waals surface area contributed by atoms with E-state index < -0.39 is 5.97 Å². The number of nitrogens with zero attached hydrogens (tertiary/aromatic N) is 2. The highest BCUT2D eigenvalue weighted by atomic mass is 16.5. The van der Waals surface area contributed by atoms with Crippen molar-refractivity contribution in [2.45, 2.75) is 0 Å². The van der Waals surface area contributed by atoms with E-state index in [4.69, 9.17) is 10.5 Å². The van der Waals surface area contributed by atoms with Gasteiger partial charge < -0.3 is 10.5 Å². The van der Waals surface area contributed by atoms with Crippen LogP contribution < -0.4 is 10.5 Å². The quantitative estimate of drug-likeness (QED) is 0.552. The Morgan fingerprint density at radius 1 is 1.47 bits per heavy atom. The fourth-order valence-electron chi connectivity index (χ4n) is 1.06. The third-order valence-corrected chi connectivity index (χ3v) is 1.71. The lowest BCUT2D eigenvalue weighted by molar-refractivity contribution is 0.0727. The zero-order valence-electron chi connectivity index (χ0n) is 7.68. The molecule has 0 unspecified atom stereocenters. The number of aromatic amines is 1. The Bertz CT molecular complexity index is 467. The van der Waals surface area contributed by atoms with E-state index in [1.807, 2.05) is 0 Å². The number of ether oxygens (including phenoxy) is 1. The number of hydrogen-bond acceptors (Lipinski definition) is 5. The Labute approximate surface area is 85.1 Å². The summed E-state index contributed by atoms with van der Waals surface area (Å²) < 4.78 is 4.90. The summed E-state index contributed by atoms with van der Waals surface area (Å²) in [5, 5.41) is 9.37. The van der Waals surface area contributed by atoms with Gasteiger partial charge in [-0.05, 0) is 18.2 Å². The van der Waals surface area contributed by atoms with Gasteiger partial charge in [-0.1, -0.05) is 16.4 Å². The number of aromatic nitrogens is 3. The molecule has 1 heterocycles. The van der Waals surface area contributed by atoms with Crippen LogP contribution in [0.2, 0.25) is 0 Å². The van der Waals surface area contributed by atoms with Crippen LogP contribution in [0.4, 0.5) is 5.69 Å². The molecule has 0 bridgehead atoms. The fraction of sp³-hybridized carbons (Fsp3) is 0. The van der Waals surface area contributed by atoms with Crippen molar-refractivity contribution >= 4 is 11.7 Å². The summed E-state index contributed by atoms with van der Waals surface area (Å²) in [6.45, 7) is 0. The summed E-state index contributed by atoms with van der Waals surface area (Å²) in [7, 11) is 0. The molecular formula is C9H8N4O2. The number of carbonyl (C=O) groups excluding carboxylic acids is 1. The van der Waals surface area contributed by atoms with Crippen molar-refractivity contribution in [3.63, 3.8) is 0 Å². The highest BCUT2D eigenvalue weighted by Crippen LogP contribution is 2.10. The number of esters is 1. The zero-order valence-corrected chi connectivity index (χ0v) is 7.68. The van der Waals surface area contributed by atoms with Gasteiger partial charge in [-0.15, -0.1) is 0 Å². The lowest BCUT2D eigenvalue weighted by atomic mass is 10.2. The third-order valence-electron chi connectivity index (χ3n) is 1.71. The van der Waals surface area contributed by atoms with Crippen molar-refractivity contribution in [3.8, 4) is 5.88 Å². The number of nitrogens with two attached hydrogens (primary N) is 1. The van der Waals surface area contributed by atoms with Gasteiger partial charge in [0.2, 0.25) is 0 Å². The first-order chi connectivity index (χ1) is 7.25. The van der Waals surface area contributed by atoms with E-state index in [1.165, 1.54) is 12.3 Å². The molecule has 0 radical (unpaired) electrons. The first-order valence-electron chi connectivity index (χ1n) is 4.20. The van der Waals surface area contributed by atoms with Crippen LogP contribution in [0, 0.1) is 0 Å². The molecule has 2 aromatic rings. The molecule has 0 aliphatic carbocycles. The lowest BCUT2D eigenvalue weighted by Gasteiger charge is -2.00. The van der Waals surface area contributed by atoms with Crippen LogP contribution >= 0.6 is 0 Å². The first-order valence-corrected chi connectivity index (χ1v) is 4.20. The molecule has 0 fully saturated rings. The minimum absolute atomic E-state index is 0.127. The number of nitrogen functional groups attached to an aromatic ring is 1. The average Bonchev–Trinajstić information content (AvgIpc) is 2.70. The molecule has 0 amide bonds. The van der Waals surface area contributed by atoms with E-state index in [0.717, 1.165) is 0 Å². The van der Waals surface area contributed by atoms with Gasteiger partial charge in [-0.3, -0.25) is 5.10 Å². The average molecular weight is 204 g/mol. The lowest BCUT2D eigenvalue weighted by Crippen LogP contribution is -2.09. The molecule has 76 valence electrons.